The van der Waals surface area contributed by atoms with Gasteiger partial charge in [-0.05, 0) is 26.3 Å². The van der Waals surface area contributed by atoms with Crippen molar-refractivity contribution in [2.75, 3.05) is 6.54 Å². The molecule has 1 N–H and O–H groups in total. The topological polar surface area (TPSA) is 29.1 Å². The van der Waals surface area contributed by atoms with Gasteiger partial charge in [0.15, 0.2) is 0 Å². The Balaban J connectivity index is 0.000000371. The lowest BCUT2D eigenvalue weighted by Crippen LogP contribution is -2.28. The minimum absolute atomic E-state index is 0.176. The maximum absolute atomic E-state index is 10.6. The molecule has 0 radical (unpaired) electrons. The first kappa shape index (κ1) is 9.63. The second-order valence-corrected chi connectivity index (χ2v) is 2.26. The number of rotatable bonds is 1. The molecule has 2 heteroatoms. The van der Waals surface area contributed by atoms with Crippen molar-refractivity contribution < 1.29 is 4.79 Å². The van der Waals surface area contributed by atoms with E-state index < -0.39 is 0 Å². The number of hydrogen-bond donors (Lipinski definition) is 1. The highest BCUT2D eigenvalue weighted by molar-refractivity contribution is 5.81. The van der Waals surface area contributed by atoms with Gasteiger partial charge < -0.3 is 5.32 Å². The third kappa shape index (κ3) is 2.97. The van der Waals surface area contributed by atoms with Crippen LogP contribution in [0.5, 0.6) is 0 Å². The van der Waals surface area contributed by atoms with Crippen LogP contribution in [0, 0.1) is 0 Å². The summed E-state index contributed by atoms with van der Waals surface area (Å²) in [5.41, 5.74) is 0. The average molecular weight is 143 g/mol. The SMILES string of the molecule is CC.CC(=O)C1CCCN1. The lowest BCUT2D eigenvalue weighted by molar-refractivity contribution is -0.118. The second-order valence-electron chi connectivity index (χ2n) is 2.26. The summed E-state index contributed by atoms with van der Waals surface area (Å²) in [4.78, 5) is 10.6. The largest absolute Gasteiger partial charge is 0.307 e. The van der Waals surface area contributed by atoms with Crippen LogP contribution in [-0.2, 0) is 4.79 Å². The fraction of sp³-hybridized carbons (Fsp3) is 0.875. The van der Waals surface area contributed by atoms with Crippen molar-refractivity contribution in [3.05, 3.63) is 0 Å². The smallest absolute Gasteiger partial charge is 0.146 e. The van der Waals surface area contributed by atoms with Gasteiger partial charge in [-0.15, -0.1) is 0 Å². The lowest BCUT2D eigenvalue weighted by Gasteiger charge is -2.01. The summed E-state index contributed by atoms with van der Waals surface area (Å²) >= 11 is 0. The third-order valence-corrected chi connectivity index (χ3v) is 1.55. The van der Waals surface area contributed by atoms with Gasteiger partial charge >= 0.3 is 0 Å². The molecule has 1 heterocycles. The zero-order chi connectivity index (χ0) is 7.98. The Hall–Kier alpha value is -0.370. The van der Waals surface area contributed by atoms with Crippen LogP contribution >= 0.6 is 0 Å². The lowest BCUT2D eigenvalue weighted by atomic mass is 10.2. The van der Waals surface area contributed by atoms with E-state index >= 15 is 0 Å². The van der Waals surface area contributed by atoms with E-state index in [1.54, 1.807) is 6.92 Å². The van der Waals surface area contributed by atoms with E-state index in [1.807, 2.05) is 13.8 Å². The molecule has 0 amide bonds. The van der Waals surface area contributed by atoms with E-state index in [-0.39, 0.29) is 11.8 Å². The van der Waals surface area contributed by atoms with Crippen LogP contribution in [0.25, 0.3) is 0 Å². The van der Waals surface area contributed by atoms with Gasteiger partial charge in [-0.25, -0.2) is 0 Å². The minimum atomic E-state index is 0.176. The van der Waals surface area contributed by atoms with Gasteiger partial charge in [0.25, 0.3) is 0 Å². The monoisotopic (exact) mass is 143 g/mol. The van der Waals surface area contributed by atoms with Crippen LogP contribution in [0.15, 0.2) is 0 Å². The van der Waals surface area contributed by atoms with Gasteiger partial charge in [0.1, 0.15) is 5.78 Å². The quantitative estimate of drug-likeness (QED) is 0.600. The Morgan fingerprint density at radius 1 is 1.50 bits per heavy atom. The summed E-state index contributed by atoms with van der Waals surface area (Å²) in [6, 6.07) is 0.176. The molecule has 2 nitrogen and oxygen atoms in total. The summed E-state index contributed by atoms with van der Waals surface area (Å²) < 4.78 is 0. The molecule has 1 atom stereocenters. The third-order valence-electron chi connectivity index (χ3n) is 1.55. The van der Waals surface area contributed by atoms with Crippen molar-refractivity contribution in [3.8, 4) is 0 Å². The predicted octanol–water partition coefficient (Wildman–Crippen LogP) is 1.35. The second kappa shape index (κ2) is 5.42. The van der Waals surface area contributed by atoms with E-state index in [9.17, 15) is 4.79 Å². The van der Waals surface area contributed by atoms with Crippen LogP contribution in [0.3, 0.4) is 0 Å². The van der Waals surface area contributed by atoms with Gasteiger partial charge in [0, 0.05) is 0 Å². The standard InChI is InChI=1S/C6H11NO.C2H6/c1-5(8)6-3-2-4-7-6;1-2/h6-7H,2-4H2,1H3;1-2H3. The fourth-order valence-corrected chi connectivity index (χ4v) is 1.03. The minimum Gasteiger partial charge on any atom is -0.307 e. The highest BCUT2D eigenvalue weighted by Crippen LogP contribution is 2.04. The molecule has 0 bridgehead atoms. The molecular weight excluding hydrogens is 126 g/mol. The van der Waals surface area contributed by atoms with Crippen molar-refractivity contribution in [1.29, 1.82) is 0 Å². The molecule has 0 aliphatic carbocycles. The van der Waals surface area contributed by atoms with Gasteiger partial charge in [-0.1, -0.05) is 13.8 Å². The Morgan fingerprint density at radius 2 is 2.10 bits per heavy atom. The van der Waals surface area contributed by atoms with Crippen molar-refractivity contribution >= 4 is 5.78 Å². The predicted molar refractivity (Wildman–Crippen MR) is 43.1 cm³/mol. The van der Waals surface area contributed by atoms with E-state index in [4.69, 9.17) is 0 Å². The summed E-state index contributed by atoms with van der Waals surface area (Å²) in [5, 5.41) is 3.11. The average Bonchev–Trinajstić information content (AvgIpc) is 2.42. The summed E-state index contributed by atoms with van der Waals surface area (Å²) in [6.45, 7) is 6.66. The van der Waals surface area contributed by atoms with Crippen molar-refractivity contribution in [2.24, 2.45) is 0 Å². The van der Waals surface area contributed by atoms with Crippen molar-refractivity contribution in [2.45, 2.75) is 39.7 Å². The van der Waals surface area contributed by atoms with Gasteiger partial charge in [0.05, 0.1) is 6.04 Å². The Bertz CT molecular complexity index is 95.4. The van der Waals surface area contributed by atoms with Crippen LogP contribution in [0.2, 0.25) is 0 Å². The molecule has 1 rings (SSSR count). The number of carbonyl (C=O) groups excluding carboxylic acids is 1. The van der Waals surface area contributed by atoms with Crippen LogP contribution < -0.4 is 5.32 Å². The highest BCUT2D eigenvalue weighted by atomic mass is 16.1. The van der Waals surface area contributed by atoms with Gasteiger partial charge in [0.2, 0.25) is 0 Å². The maximum Gasteiger partial charge on any atom is 0.146 e. The maximum atomic E-state index is 10.6. The van der Waals surface area contributed by atoms with Crippen LogP contribution in [-0.4, -0.2) is 18.4 Å². The zero-order valence-electron chi connectivity index (χ0n) is 7.11. The normalized spacial score (nSPS) is 23.3. The molecule has 1 aliphatic rings. The molecule has 1 saturated heterocycles. The number of ketones is 1. The molecular formula is C8H17NO. The first-order chi connectivity index (χ1) is 4.80. The molecule has 0 saturated carbocycles. The van der Waals surface area contributed by atoms with Crippen LogP contribution in [0.4, 0.5) is 0 Å². The van der Waals surface area contributed by atoms with Crippen LogP contribution in [0.1, 0.15) is 33.6 Å². The molecule has 1 aliphatic heterocycles. The van der Waals surface area contributed by atoms with E-state index in [1.165, 1.54) is 0 Å². The van der Waals surface area contributed by atoms with Crippen molar-refractivity contribution in [1.82, 2.24) is 5.32 Å². The number of nitrogens with one attached hydrogen (secondary N) is 1. The molecule has 0 aromatic carbocycles. The number of Topliss-reactive ketones (excluding diaryl/α,β-unsaturated/α-hetero) is 1. The molecule has 1 fully saturated rings. The Kier molecular flexibility index (Phi) is 5.22. The van der Waals surface area contributed by atoms with E-state index in [0.717, 1.165) is 19.4 Å². The summed E-state index contributed by atoms with van der Waals surface area (Å²) in [5.74, 6) is 0.280. The number of carbonyl (C=O) groups is 1. The zero-order valence-corrected chi connectivity index (χ0v) is 7.11. The first-order valence-electron chi connectivity index (χ1n) is 4.04. The molecule has 1 unspecified atom stereocenters. The molecule has 0 spiro atoms. The summed E-state index contributed by atoms with van der Waals surface area (Å²) in [7, 11) is 0. The Morgan fingerprint density at radius 3 is 2.30 bits per heavy atom. The highest BCUT2D eigenvalue weighted by Gasteiger charge is 2.17. The first-order valence-corrected chi connectivity index (χ1v) is 4.04. The Labute approximate surface area is 63.0 Å². The summed E-state index contributed by atoms with van der Waals surface area (Å²) in [6.07, 6.45) is 2.19. The molecule has 10 heavy (non-hydrogen) atoms. The number of hydrogen-bond acceptors (Lipinski definition) is 2. The van der Waals surface area contributed by atoms with Gasteiger partial charge in [-0.2, -0.15) is 0 Å². The van der Waals surface area contributed by atoms with E-state index in [0.29, 0.717) is 0 Å². The van der Waals surface area contributed by atoms with Gasteiger partial charge in [-0.3, -0.25) is 4.79 Å². The van der Waals surface area contributed by atoms with E-state index in [2.05, 4.69) is 5.32 Å². The molecule has 0 aromatic rings. The van der Waals surface area contributed by atoms with Crippen molar-refractivity contribution in [3.63, 3.8) is 0 Å². The fourth-order valence-electron chi connectivity index (χ4n) is 1.03. The molecule has 0 aromatic heterocycles. The molecule has 60 valence electrons.